The molecule has 0 spiro atoms. The van der Waals surface area contributed by atoms with Crippen LogP contribution in [0.1, 0.15) is 64.7 Å². The van der Waals surface area contributed by atoms with Crippen molar-refractivity contribution >= 4 is 5.97 Å². The highest BCUT2D eigenvalue weighted by Crippen LogP contribution is 2.49. The zero-order valence-electron chi connectivity index (χ0n) is 16.0. The van der Waals surface area contributed by atoms with E-state index in [0.29, 0.717) is 18.4 Å². The lowest BCUT2D eigenvalue weighted by atomic mass is 9.89. The van der Waals surface area contributed by atoms with Gasteiger partial charge in [0.1, 0.15) is 0 Å². The van der Waals surface area contributed by atoms with Gasteiger partial charge >= 0.3 is 5.97 Å². The lowest BCUT2D eigenvalue weighted by Crippen LogP contribution is -2.32. The Hall–Kier alpha value is -0.910. The largest absolute Gasteiger partial charge is 0.466 e. The number of esters is 1. The lowest BCUT2D eigenvalue weighted by Gasteiger charge is -2.29. The first-order valence-electron chi connectivity index (χ1n) is 10.4. The normalized spacial score (nSPS) is 33.8. The summed E-state index contributed by atoms with van der Waals surface area (Å²) in [4.78, 5) is 10.7. The molecule has 26 heavy (non-hydrogen) atoms. The Morgan fingerprint density at radius 2 is 2.19 bits per heavy atom. The van der Waals surface area contributed by atoms with Crippen LogP contribution in [0.15, 0.2) is 11.6 Å². The molecule has 5 atom stereocenters. The van der Waals surface area contributed by atoms with Crippen LogP contribution in [0.4, 0.5) is 0 Å². The molecule has 0 aromatic carbocycles. The van der Waals surface area contributed by atoms with Crippen molar-refractivity contribution in [2.24, 2.45) is 17.8 Å². The van der Waals surface area contributed by atoms with Crippen LogP contribution in [0.2, 0.25) is 0 Å². The molecule has 0 aromatic rings. The van der Waals surface area contributed by atoms with Crippen molar-refractivity contribution in [3.8, 4) is 0 Å². The highest BCUT2D eigenvalue weighted by Gasteiger charge is 2.46. The van der Waals surface area contributed by atoms with Crippen LogP contribution in [0, 0.1) is 17.8 Å². The molecule has 1 saturated heterocycles. The number of hydrogen-bond acceptors (Lipinski definition) is 5. The molecular weight excluding hydrogens is 332 g/mol. The van der Waals surface area contributed by atoms with E-state index in [1.54, 1.807) is 5.57 Å². The fourth-order valence-corrected chi connectivity index (χ4v) is 4.83. The third-order valence-corrected chi connectivity index (χ3v) is 6.15. The predicted octanol–water partition coefficient (Wildman–Crippen LogP) is 3.60. The molecule has 1 unspecified atom stereocenters. The Kier molecular flexibility index (Phi) is 7.52. The van der Waals surface area contributed by atoms with Crippen LogP contribution in [0.5, 0.6) is 0 Å². The van der Waals surface area contributed by atoms with Gasteiger partial charge in [0, 0.05) is 26.1 Å². The van der Waals surface area contributed by atoms with Gasteiger partial charge < -0.3 is 19.3 Å². The summed E-state index contributed by atoms with van der Waals surface area (Å²) in [7, 11) is 0. The van der Waals surface area contributed by atoms with Crippen molar-refractivity contribution in [2.75, 3.05) is 19.8 Å². The number of hydrogen-bond donors (Lipinski definition) is 1. The van der Waals surface area contributed by atoms with Gasteiger partial charge in [0.15, 0.2) is 6.29 Å². The van der Waals surface area contributed by atoms with Crippen molar-refractivity contribution < 1.29 is 24.1 Å². The standard InChI is InChI=1S/C21H34O5/c1-15(23)24-9-5-2-3-7-16-11-17-13-20(19(14-22)18(17)12-16)26-21-8-4-6-10-25-21/h11,17-22H,2-10,12-14H2,1H3/t17-,18-,19-,20-,21?/m1/s1. The molecule has 1 aliphatic heterocycles. The van der Waals surface area contributed by atoms with Crippen molar-refractivity contribution in [3.63, 3.8) is 0 Å². The summed E-state index contributed by atoms with van der Waals surface area (Å²) in [5.41, 5.74) is 1.54. The summed E-state index contributed by atoms with van der Waals surface area (Å²) in [6.07, 6.45) is 12.2. The summed E-state index contributed by atoms with van der Waals surface area (Å²) >= 11 is 0. The fraction of sp³-hybridized carbons (Fsp3) is 0.857. The molecule has 148 valence electrons. The first kappa shape index (κ1) is 19.8. The average Bonchev–Trinajstić information content (AvgIpc) is 3.15. The number of carbonyl (C=O) groups is 1. The van der Waals surface area contributed by atoms with E-state index >= 15 is 0 Å². The smallest absolute Gasteiger partial charge is 0.302 e. The zero-order chi connectivity index (χ0) is 18.4. The molecule has 0 bridgehead atoms. The van der Waals surface area contributed by atoms with Crippen LogP contribution in [-0.2, 0) is 19.0 Å². The maximum Gasteiger partial charge on any atom is 0.302 e. The van der Waals surface area contributed by atoms with E-state index in [-0.39, 0.29) is 30.9 Å². The van der Waals surface area contributed by atoms with Gasteiger partial charge in [-0.2, -0.15) is 0 Å². The van der Waals surface area contributed by atoms with Gasteiger partial charge in [0.05, 0.1) is 12.7 Å². The molecule has 3 aliphatic rings. The van der Waals surface area contributed by atoms with Crippen LogP contribution in [0.3, 0.4) is 0 Å². The van der Waals surface area contributed by atoms with E-state index in [9.17, 15) is 9.90 Å². The third kappa shape index (κ3) is 5.30. The topological polar surface area (TPSA) is 65.0 Å². The Morgan fingerprint density at radius 3 is 2.92 bits per heavy atom. The van der Waals surface area contributed by atoms with Crippen molar-refractivity contribution in [1.29, 1.82) is 0 Å². The lowest BCUT2D eigenvalue weighted by molar-refractivity contribution is -0.198. The van der Waals surface area contributed by atoms with Gasteiger partial charge in [-0.1, -0.05) is 11.6 Å². The molecular formula is C21H34O5. The van der Waals surface area contributed by atoms with E-state index in [1.165, 1.54) is 13.3 Å². The van der Waals surface area contributed by atoms with Crippen molar-refractivity contribution in [1.82, 2.24) is 0 Å². The minimum Gasteiger partial charge on any atom is -0.466 e. The van der Waals surface area contributed by atoms with Gasteiger partial charge in [-0.25, -0.2) is 0 Å². The number of aliphatic hydroxyl groups excluding tert-OH is 1. The van der Waals surface area contributed by atoms with Crippen molar-refractivity contribution in [3.05, 3.63) is 11.6 Å². The van der Waals surface area contributed by atoms with Gasteiger partial charge in [-0.3, -0.25) is 4.79 Å². The quantitative estimate of drug-likeness (QED) is 0.384. The van der Waals surface area contributed by atoms with E-state index in [2.05, 4.69) is 6.08 Å². The van der Waals surface area contributed by atoms with E-state index in [1.807, 2.05) is 0 Å². The number of unbranched alkanes of at least 4 members (excludes halogenated alkanes) is 2. The molecule has 0 aromatic heterocycles. The monoisotopic (exact) mass is 366 g/mol. The Morgan fingerprint density at radius 1 is 1.31 bits per heavy atom. The first-order valence-corrected chi connectivity index (χ1v) is 10.4. The summed E-state index contributed by atoms with van der Waals surface area (Å²) in [5.74, 6) is 1.13. The molecule has 2 aliphatic carbocycles. The summed E-state index contributed by atoms with van der Waals surface area (Å²) in [6.45, 7) is 3.00. The molecule has 1 heterocycles. The predicted molar refractivity (Wildman–Crippen MR) is 98.4 cm³/mol. The highest BCUT2D eigenvalue weighted by atomic mass is 16.7. The third-order valence-electron chi connectivity index (χ3n) is 6.15. The zero-order valence-corrected chi connectivity index (χ0v) is 16.0. The molecule has 5 heteroatoms. The summed E-state index contributed by atoms with van der Waals surface area (Å²) < 4.78 is 16.9. The minimum absolute atomic E-state index is 0.0673. The molecule has 0 radical (unpaired) electrons. The van der Waals surface area contributed by atoms with Gasteiger partial charge in [-0.15, -0.1) is 0 Å². The summed E-state index contributed by atoms with van der Waals surface area (Å²) in [6, 6.07) is 0. The van der Waals surface area contributed by atoms with Crippen LogP contribution >= 0.6 is 0 Å². The van der Waals surface area contributed by atoms with E-state index in [0.717, 1.165) is 58.0 Å². The Labute approximate surface area is 157 Å². The second-order valence-corrected chi connectivity index (χ2v) is 8.06. The van der Waals surface area contributed by atoms with Crippen molar-refractivity contribution in [2.45, 2.75) is 77.1 Å². The maximum absolute atomic E-state index is 10.7. The highest BCUT2D eigenvalue weighted by molar-refractivity contribution is 5.65. The molecule has 5 nitrogen and oxygen atoms in total. The molecule has 1 saturated carbocycles. The fourth-order valence-electron chi connectivity index (χ4n) is 4.83. The molecule has 1 N–H and O–H groups in total. The molecule has 2 fully saturated rings. The molecule has 0 amide bonds. The maximum atomic E-state index is 10.7. The number of carbonyl (C=O) groups excluding carboxylic acids is 1. The summed E-state index contributed by atoms with van der Waals surface area (Å²) in [5, 5.41) is 9.93. The van der Waals surface area contributed by atoms with Crippen LogP contribution in [0.25, 0.3) is 0 Å². The number of ether oxygens (including phenoxy) is 3. The van der Waals surface area contributed by atoms with Crippen LogP contribution in [-0.4, -0.2) is 43.3 Å². The number of fused-ring (bicyclic) bond motifs is 1. The van der Waals surface area contributed by atoms with E-state index < -0.39 is 0 Å². The second kappa shape index (κ2) is 9.86. The first-order chi connectivity index (χ1) is 12.7. The van der Waals surface area contributed by atoms with Gasteiger partial charge in [0.25, 0.3) is 0 Å². The number of aliphatic hydroxyl groups is 1. The van der Waals surface area contributed by atoms with Gasteiger partial charge in [-0.05, 0) is 69.6 Å². The SMILES string of the molecule is CC(=O)OCCCCCC1=C[C@@H]2C[C@@H](OC3CCCCO3)[C@H](CO)[C@@H]2C1. The Balaban J connectivity index is 1.40. The van der Waals surface area contributed by atoms with E-state index in [4.69, 9.17) is 14.2 Å². The molecule has 3 rings (SSSR count). The average molecular weight is 366 g/mol. The van der Waals surface area contributed by atoms with Crippen LogP contribution < -0.4 is 0 Å². The Bertz CT molecular complexity index is 483. The number of allylic oxidation sites excluding steroid dienone is 2. The van der Waals surface area contributed by atoms with Gasteiger partial charge in [0.2, 0.25) is 0 Å². The second-order valence-electron chi connectivity index (χ2n) is 8.06. The minimum atomic E-state index is -0.193. The number of rotatable bonds is 9.